The summed E-state index contributed by atoms with van der Waals surface area (Å²) in [6.45, 7) is 4.43. The molecule has 19 heavy (non-hydrogen) atoms. The first-order chi connectivity index (χ1) is 8.86. The van der Waals surface area contributed by atoms with Crippen LogP contribution in [0.15, 0.2) is 24.3 Å². The summed E-state index contributed by atoms with van der Waals surface area (Å²) in [6.07, 6.45) is 0. The number of thiocarbonyl (C=S) groups is 1. The van der Waals surface area contributed by atoms with Crippen LogP contribution in [0, 0.1) is 0 Å². The smallest absolute Gasteiger partial charge is 0.303 e. The Hall–Kier alpha value is -1.18. The zero-order chi connectivity index (χ0) is 14.6. The predicted molar refractivity (Wildman–Crippen MR) is 82.6 cm³/mol. The Morgan fingerprint density at radius 3 is 2.26 bits per heavy atom. The Kier molecular flexibility index (Phi) is 5.28. The van der Waals surface area contributed by atoms with E-state index in [9.17, 15) is 8.42 Å². The average molecular weight is 301 g/mol. The third-order valence-corrected chi connectivity index (χ3v) is 5.16. The van der Waals surface area contributed by atoms with E-state index >= 15 is 0 Å². The second-order valence-electron chi connectivity index (χ2n) is 3.94. The number of hydrogen-bond donors (Lipinski definition) is 1. The molecule has 0 fully saturated rings. The highest BCUT2D eigenvalue weighted by Gasteiger charge is 2.26. The third kappa shape index (κ3) is 3.23. The summed E-state index contributed by atoms with van der Waals surface area (Å²) in [7, 11) is -2.05. The van der Waals surface area contributed by atoms with Gasteiger partial charge in [-0.25, -0.2) is 0 Å². The summed E-state index contributed by atoms with van der Waals surface area (Å²) in [4.78, 5) is 0.178. The molecule has 7 heteroatoms. The van der Waals surface area contributed by atoms with Gasteiger partial charge in [-0.1, -0.05) is 38.2 Å². The third-order valence-electron chi connectivity index (χ3n) is 2.89. The normalized spacial score (nSPS) is 11.6. The van der Waals surface area contributed by atoms with Gasteiger partial charge in [-0.15, -0.1) is 0 Å². The molecule has 0 unspecified atom stereocenters. The monoisotopic (exact) mass is 301 g/mol. The molecule has 0 atom stereocenters. The van der Waals surface area contributed by atoms with Crippen molar-refractivity contribution >= 4 is 33.1 Å². The zero-order valence-electron chi connectivity index (χ0n) is 11.3. The highest BCUT2D eigenvalue weighted by Crippen LogP contribution is 2.23. The molecule has 0 aliphatic carbocycles. The summed E-state index contributed by atoms with van der Waals surface area (Å²) in [6, 6.07) is 6.93. The number of benzene rings is 1. The molecule has 0 saturated heterocycles. The van der Waals surface area contributed by atoms with Crippen molar-refractivity contribution in [1.82, 2.24) is 4.31 Å². The fourth-order valence-corrected chi connectivity index (χ4v) is 3.38. The van der Waals surface area contributed by atoms with Gasteiger partial charge in [0, 0.05) is 25.7 Å². The molecule has 0 bridgehead atoms. The Morgan fingerprint density at radius 2 is 1.79 bits per heavy atom. The largest absolute Gasteiger partial charge is 0.389 e. The van der Waals surface area contributed by atoms with E-state index in [0.717, 1.165) is 0 Å². The molecule has 0 spiro atoms. The lowest BCUT2D eigenvalue weighted by Crippen LogP contribution is -2.42. The van der Waals surface area contributed by atoms with Crippen LogP contribution in [0.2, 0.25) is 0 Å². The first-order valence-corrected chi connectivity index (χ1v) is 7.79. The first kappa shape index (κ1) is 15.9. The van der Waals surface area contributed by atoms with E-state index in [4.69, 9.17) is 18.0 Å². The molecule has 106 valence electrons. The van der Waals surface area contributed by atoms with Crippen LogP contribution >= 0.6 is 12.2 Å². The summed E-state index contributed by atoms with van der Waals surface area (Å²) >= 11 is 4.96. The van der Waals surface area contributed by atoms with Crippen molar-refractivity contribution in [3.8, 4) is 0 Å². The van der Waals surface area contributed by atoms with Crippen molar-refractivity contribution in [2.24, 2.45) is 5.73 Å². The van der Waals surface area contributed by atoms with E-state index < -0.39 is 10.2 Å². The lowest BCUT2D eigenvalue weighted by molar-refractivity contribution is 0.444. The molecular weight excluding hydrogens is 282 g/mol. The Labute approximate surface area is 120 Å². The van der Waals surface area contributed by atoms with Crippen LogP contribution in [0.5, 0.6) is 0 Å². The molecule has 0 aliphatic heterocycles. The van der Waals surface area contributed by atoms with Gasteiger partial charge in [-0.3, -0.25) is 4.31 Å². The molecule has 0 radical (unpaired) electrons. The second kappa shape index (κ2) is 6.31. The van der Waals surface area contributed by atoms with Crippen molar-refractivity contribution < 1.29 is 8.42 Å². The van der Waals surface area contributed by atoms with Crippen molar-refractivity contribution in [1.29, 1.82) is 0 Å². The summed E-state index contributed by atoms with van der Waals surface area (Å²) < 4.78 is 27.5. The van der Waals surface area contributed by atoms with Crippen LogP contribution in [-0.2, 0) is 10.2 Å². The fourth-order valence-electron chi connectivity index (χ4n) is 1.80. The summed E-state index contributed by atoms with van der Waals surface area (Å²) in [5, 5.41) is 0. The van der Waals surface area contributed by atoms with Gasteiger partial charge in [0.2, 0.25) is 0 Å². The minimum atomic E-state index is -3.56. The minimum Gasteiger partial charge on any atom is -0.389 e. The average Bonchev–Trinajstić information content (AvgIpc) is 2.38. The van der Waals surface area contributed by atoms with Crippen molar-refractivity contribution in [3.63, 3.8) is 0 Å². The molecule has 1 aromatic rings. The number of nitrogens with zero attached hydrogens (tertiary/aromatic N) is 2. The number of nitrogens with two attached hydrogens (primary N) is 1. The Bertz CT molecular complexity index is 554. The van der Waals surface area contributed by atoms with Crippen LogP contribution in [-0.4, -0.2) is 37.8 Å². The lowest BCUT2D eigenvalue weighted by Gasteiger charge is -2.28. The summed E-state index contributed by atoms with van der Waals surface area (Å²) in [5.41, 5.74) is 6.67. The van der Waals surface area contributed by atoms with Crippen LogP contribution in [0.25, 0.3) is 0 Å². The minimum absolute atomic E-state index is 0.178. The molecule has 0 saturated carbocycles. The summed E-state index contributed by atoms with van der Waals surface area (Å²) in [5.74, 6) is 0. The first-order valence-electron chi connectivity index (χ1n) is 5.99. The van der Waals surface area contributed by atoms with Gasteiger partial charge in [0.15, 0.2) is 0 Å². The van der Waals surface area contributed by atoms with Crippen LogP contribution in [0.1, 0.15) is 19.4 Å². The van der Waals surface area contributed by atoms with Crippen molar-refractivity contribution in [2.45, 2.75) is 13.8 Å². The zero-order valence-corrected chi connectivity index (χ0v) is 13.0. The molecule has 5 nitrogen and oxygen atoms in total. The molecule has 1 rings (SSSR count). The lowest BCUT2D eigenvalue weighted by atomic mass is 10.2. The number of rotatable bonds is 6. The molecule has 0 aliphatic rings. The van der Waals surface area contributed by atoms with Crippen molar-refractivity contribution in [3.05, 3.63) is 29.8 Å². The maximum absolute atomic E-state index is 12.4. The molecule has 0 aromatic heterocycles. The standard InChI is InChI=1S/C12H19N3O2S2/c1-4-15(5-2)19(16,17)14(3)11-9-7-6-8-10(11)12(13)18/h6-9H,4-5H2,1-3H3,(H2,13,18). The van der Waals surface area contributed by atoms with E-state index in [1.807, 2.05) is 0 Å². The van der Waals surface area contributed by atoms with Crippen LogP contribution in [0.3, 0.4) is 0 Å². The Balaban J connectivity index is 3.28. The number of anilines is 1. The van der Waals surface area contributed by atoms with Crippen LogP contribution < -0.4 is 10.0 Å². The van der Waals surface area contributed by atoms with E-state index in [1.54, 1.807) is 38.1 Å². The molecular formula is C12H19N3O2S2. The maximum atomic E-state index is 12.4. The van der Waals surface area contributed by atoms with Gasteiger partial charge < -0.3 is 5.73 Å². The molecule has 0 amide bonds. The van der Waals surface area contributed by atoms with Gasteiger partial charge in [0.25, 0.3) is 0 Å². The van der Waals surface area contributed by atoms with Gasteiger partial charge in [0.05, 0.1) is 5.69 Å². The van der Waals surface area contributed by atoms with Gasteiger partial charge in [0.1, 0.15) is 4.99 Å². The fraction of sp³-hybridized carbons (Fsp3) is 0.417. The van der Waals surface area contributed by atoms with Gasteiger partial charge in [-0.2, -0.15) is 12.7 Å². The maximum Gasteiger partial charge on any atom is 0.303 e. The highest BCUT2D eigenvalue weighted by atomic mass is 32.2. The molecule has 2 N–H and O–H groups in total. The second-order valence-corrected chi connectivity index (χ2v) is 6.34. The number of para-hydroxylation sites is 1. The molecule has 1 aromatic carbocycles. The predicted octanol–water partition coefficient (Wildman–Crippen LogP) is 1.34. The van der Waals surface area contributed by atoms with Crippen LogP contribution in [0.4, 0.5) is 5.69 Å². The van der Waals surface area contributed by atoms with E-state index in [2.05, 4.69) is 0 Å². The van der Waals surface area contributed by atoms with E-state index in [-0.39, 0.29) is 4.99 Å². The van der Waals surface area contributed by atoms with E-state index in [1.165, 1.54) is 15.7 Å². The van der Waals surface area contributed by atoms with Gasteiger partial charge in [-0.05, 0) is 12.1 Å². The molecule has 0 heterocycles. The SMILES string of the molecule is CCN(CC)S(=O)(=O)N(C)c1ccccc1C(N)=S. The van der Waals surface area contributed by atoms with Crippen molar-refractivity contribution in [2.75, 3.05) is 24.4 Å². The van der Waals surface area contributed by atoms with E-state index in [0.29, 0.717) is 24.3 Å². The topological polar surface area (TPSA) is 66.6 Å². The number of hydrogen-bond acceptors (Lipinski definition) is 3. The highest BCUT2D eigenvalue weighted by molar-refractivity contribution is 7.90. The Morgan fingerprint density at radius 1 is 1.26 bits per heavy atom. The van der Waals surface area contributed by atoms with Gasteiger partial charge >= 0.3 is 10.2 Å². The quantitative estimate of drug-likeness (QED) is 0.805.